The highest BCUT2D eigenvalue weighted by molar-refractivity contribution is 5.78. The smallest absolute Gasteiger partial charge is 0.222 e. The summed E-state index contributed by atoms with van der Waals surface area (Å²) in [5.41, 5.74) is 2.08. The molecule has 0 unspecified atom stereocenters. The predicted octanol–water partition coefficient (Wildman–Crippen LogP) is 3.83. The zero-order valence-corrected chi connectivity index (χ0v) is 17.4. The van der Waals surface area contributed by atoms with Gasteiger partial charge in [0, 0.05) is 25.4 Å². The maximum Gasteiger partial charge on any atom is 0.222 e. The summed E-state index contributed by atoms with van der Waals surface area (Å²) >= 11 is 0. The molecular weight excluding hydrogens is 366 g/mol. The Kier molecular flexibility index (Phi) is 7.11. The summed E-state index contributed by atoms with van der Waals surface area (Å²) < 4.78 is 13.5. The summed E-state index contributed by atoms with van der Waals surface area (Å²) in [5, 5.41) is 2.97. The van der Waals surface area contributed by atoms with E-state index < -0.39 is 0 Å². The van der Waals surface area contributed by atoms with Gasteiger partial charge >= 0.3 is 0 Å². The highest BCUT2D eigenvalue weighted by Crippen LogP contribution is 2.26. The molecule has 0 atom stereocenters. The lowest BCUT2D eigenvalue weighted by atomic mass is 10.2. The molecule has 0 spiro atoms. The summed E-state index contributed by atoms with van der Waals surface area (Å²) in [7, 11) is 1.64. The number of para-hydroxylation sites is 4. The number of benzene rings is 2. The third kappa shape index (κ3) is 5.28. The van der Waals surface area contributed by atoms with Crippen LogP contribution in [-0.2, 0) is 17.8 Å². The molecule has 1 N–H and O–H groups in total. The van der Waals surface area contributed by atoms with Crippen LogP contribution in [0.25, 0.3) is 11.0 Å². The molecule has 1 heterocycles. The Bertz CT molecular complexity index is 949. The van der Waals surface area contributed by atoms with Gasteiger partial charge in [0.2, 0.25) is 5.91 Å². The fraction of sp³-hybridized carbons (Fsp3) is 0.391. The minimum absolute atomic E-state index is 0.0130. The van der Waals surface area contributed by atoms with E-state index in [1.807, 2.05) is 56.3 Å². The summed E-state index contributed by atoms with van der Waals surface area (Å²) in [6.07, 6.45) is 1.53. The van der Waals surface area contributed by atoms with Crippen LogP contribution in [0.15, 0.2) is 48.5 Å². The quantitative estimate of drug-likeness (QED) is 0.530. The first-order chi connectivity index (χ1) is 14.1. The number of nitrogens with zero attached hydrogens (tertiary/aromatic N) is 2. The van der Waals surface area contributed by atoms with E-state index >= 15 is 0 Å². The SMILES string of the molecule is COc1ccccc1OCCCn1c(CCNC(=O)C(C)C)nc2ccccc21. The molecule has 0 saturated carbocycles. The molecule has 0 bridgehead atoms. The molecule has 3 rings (SSSR count). The van der Waals surface area contributed by atoms with Crippen LogP contribution in [0.1, 0.15) is 26.1 Å². The van der Waals surface area contributed by atoms with E-state index in [1.165, 1.54) is 0 Å². The van der Waals surface area contributed by atoms with E-state index in [0.717, 1.165) is 41.3 Å². The molecule has 6 heteroatoms. The lowest BCUT2D eigenvalue weighted by Crippen LogP contribution is -2.30. The zero-order chi connectivity index (χ0) is 20.6. The second kappa shape index (κ2) is 9.96. The summed E-state index contributed by atoms with van der Waals surface area (Å²) in [6, 6.07) is 15.8. The van der Waals surface area contributed by atoms with Crippen LogP contribution in [0.2, 0.25) is 0 Å². The van der Waals surface area contributed by atoms with Crippen LogP contribution < -0.4 is 14.8 Å². The number of carbonyl (C=O) groups is 1. The Morgan fingerprint density at radius 2 is 1.83 bits per heavy atom. The van der Waals surface area contributed by atoms with E-state index in [4.69, 9.17) is 14.5 Å². The molecular formula is C23H29N3O3. The Balaban J connectivity index is 1.63. The van der Waals surface area contributed by atoms with Crippen molar-refractivity contribution in [3.05, 3.63) is 54.4 Å². The van der Waals surface area contributed by atoms with Crippen LogP contribution >= 0.6 is 0 Å². The second-order valence-corrected chi connectivity index (χ2v) is 7.22. The van der Waals surface area contributed by atoms with Gasteiger partial charge in [-0.25, -0.2) is 4.98 Å². The van der Waals surface area contributed by atoms with Crippen LogP contribution in [0.3, 0.4) is 0 Å². The highest BCUT2D eigenvalue weighted by atomic mass is 16.5. The minimum atomic E-state index is -0.0130. The fourth-order valence-corrected chi connectivity index (χ4v) is 3.21. The number of fused-ring (bicyclic) bond motifs is 1. The molecule has 6 nitrogen and oxygen atoms in total. The number of rotatable bonds is 10. The summed E-state index contributed by atoms with van der Waals surface area (Å²) in [6.45, 7) is 5.75. The first kappa shape index (κ1) is 20.7. The first-order valence-corrected chi connectivity index (χ1v) is 10.1. The minimum Gasteiger partial charge on any atom is -0.493 e. The standard InChI is InChI=1S/C23H29N3O3/c1-17(2)23(27)24-14-13-22-25-18-9-4-5-10-19(18)26(22)15-8-16-29-21-12-7-6-11-20(21)28-3/h4-7,9-12,17H,8,13-16H2,1-3H3,(H,24,27). The number of imidazole rings is 1. The molecule has 154 valence electrons. The molecule has 1 aromatic heterocycles. The van der Waals surface area contributed by atoms with Crippen LogP contribution in [-0.4, -0.2) is 35.7 Å². The molecule has 0 aliphatic rings. The predicted molar refractivity (Wildman–Crippen MR) is 114 cm³/mol. The van der Waals surface area contributed by atoms with E-state index in [9.17, 15) is 4.79 Å². The van der Waals surface area contributed by atoms with Crippen molar-refractivity contribution in [2.45, 2.75) is 33.2 Å². The Morgan fingerprint density at radius 3 is 2.59 bits per heavy atom. The highest BCUT2D eigenvalue weighted by Gasteiger charge is 2.12. The monoisotopic (exact) mass is 395 g/mol. The average molecular weight is 396 g/mol. The van der Waals surface area contributed by atoms with Gasteiger partial charge in [0.25, 0.3) is 0 Å². The van der Waals surface area contributed by atoms with Crippen molar-refractivity contribution in [2.24, 2.45) is 5.92 Å². The van der Waals surface area contributed by atoms with E-state index in [-0.39, 0.29) is 11.8 Å². The number of hydrogen-bond donors (Lipinski definition) is 1. The largest absolute Gasteiger partial charge is 0.493 e. The molecule has 3 aromatic rings. The number of hydrogen-bond acceptors (Lipinski definition) is 4. The second-order valence-electron chi connectivity index (χ2n) is 7.22. The zero-order valence-electron chi connectivity index (χ0n) is 17.4. The number of aromatic nitrogens is 2. The van der Waals surface area contributed by atoms with Crippen LogP contribution in [0.4, 0.5) is 0 Å². The maximum atomic E-state index is 11.8. The maximum absolute atomic E-state index is 11.8. The van der Waals surface area contributed by atoms with Gasteiger partial charge in [-0.15, -0.1) is 0 Å². The molecule has 0 aliphatic heterocycles. The van der Waals surface area contributed by atoms with Crippen molar-refractivity contribution >= 4 is 16.9 Å². The number of ether oxygens (including phenoxy) is 2. The number of methoxy groups -OCH3 is 1. The summed E-state index contributed by atoms with van der Waals surface area (Å²) in [4.78, 5) is 16.6. The van der Waals surface area contributed by atoms with Gasteiger partial charge in [-0.1, -0.05) is 38.1 Å². The van der Waals surface area contributed by atoms with E-state index in [0.29, 0.717) is 19.6 Å². The van der Waals surface area contributed by atoms with Crippen molar-refractivity contribution in [2.75, 3.05) is 20.3 Å². The molecule has 1 amide bonds. The molecule has 2 aromatic carbocycles. The topological polar surface area (TPSA) is 65.4 Å². The first-order valence-electron chi connectivity index (χ1n) is 10.1. The fourth-order valence-electron chi connectivity index (χ4n) is 3.21. The van der Waals surface area contributed by atoms with Crippen molar-refractivity contribution in [1.82, 2.24) is 14.9 Å². The lowest BCUT2D eigenvalue weighted by molar-refractivity contribution is -0.123. The van der Waals surface area contributed by atoms with Crippen molar-refractivity contribution in [3.63, 3.8) is 0 Å². The molecule has 0 aliphatic carbocycles. The third-order valence-electron chi connectivity index (χ3n) is 4.76. The van der Waals surface area contributed by atoms with Gasteiger partial charge in [-0.2, -0.15) is 0 Å². The van der Waals surface area contributed by atoms with E-state index in [1.54, 1.807) is 7.11 Å². The van der Waals surface area contributed by atoms with Crippen LogP contribution in [0, 0.1) is 5.92 Å². The molecule has 29 heavy (non-hydrogen) atoms. The summed E-state index contributed by atoms with van der Waals surface area (Å²) in [5.74, 6) is 2.52. The Labute approximate surface area is 171 Å². The Hall–Kier alpha value is -3.02. The Morgan fingerprint density at radius 1 is 1.10 bits per heavy atom. The van der Waals surface area contributed by atoms with Crippen LogP contribution in [0.5, 0.6) is 11.5 Å². The average Bonchev–Trinajstić information content (AvgIpc) is 3.08. The van der Waals surface area contributed by atoms with Gasteiger partial charge in [0.05, 0.1) is 24.8 Å². The van der Waals surface area contributed by atoms with Crippen molar-refractivity contribution < 1.29 is 14.3 Å². The van der Waals surface area contributed by atoms with Gasteiger partial charge in [-0.05, 0) is 30.7 Å². The third-order valence-corrected chi connectivity index (χ3v) is 4.76. The number of carbonyl (C=O) groups excluding carboxylic acids is 1. The number of nitrogens with one attached hydrogen (secondary N) is 1. The van der Waals surface area contributed by atoms with Gasteiger partial charge in [-0.3, -0.25) is 4.79 Å². The van der Waals surface area contributed by atoms with Gasteiger partial charge in [0.1, 0.15) is 5.82 Å². The van der Waals surface area contributed by atoms with Crippen molar-refractivity contribution in [3.8, 4) is 11.5 Å². The molecule has 0 fully saturated rings. The van der Waals surface area contributed by atoms with Gasteiger partial charge in [0.15, 0.2) is 11.5 Å². The number of amides is 1. The molecule has 0 radical (unpaired) electrons. The lowest BCUT2D eigenvalue weighted by Gasteiger charge is -2.13. The number of aryl methyl sites for hydroxylation is 1. The normalized spacial score (nSPS) is 11.0. The molecule has 0 saturated heterocycles. The van der Waals surface area contributed by atoms with Gasteiger partial charge < -0.3 is 19.4 Å². The van der Waals surface area contributed by atoms with Crippen molar-refractivity contribution in [1.29, 1.82) is 0 Å². The van der Waals surface area contributed by atoms with E-state index in [2.05, 4.69) is 16.0 Å².